The number of carboxylic acids is 5. The van der Waals surface area contributed by atoms with Crippen molar-refractivity contribution in [3.8, 4) is 57.5 Å². The number of amides is 2. The number of rotatable bonds is 35. The average molecular weight is 2050 g/mol. The van der Waals surface area contributed by atoms with E-state index in [4.69, 9.17) is 72.9 Å². The molecule has 19 rings (SSSR count). The van der Waals surface area contributed by atoms with E-state index in [1.54, 1.807) is 120 Å². The van der Waals surface area contributed by atoms with Crippen LogP contribution in [0.4, 0.5) is 22.0 Å². The van der Waals surface area contributed by atoms with Crippen LogP contribution in [-0.2, 0) is 33.6 Å². The summed E-state index contributed by atoms with van der Waals surface area (Å²) >= 11 is 0. The third-order valence-electron chi connectivity index (χ3n) is 26.1. The first-order valence-corrected chi connectivity index (χ1v) is 49.7. The highest BCUT2D eigenvalue weighted by Crippen LogP contribution is 2.47. The van der Waals surface area contributed by atoms with Crippen molar-refractivity contribution in [1.29, 1.82) is 0 Å². The lowest BCUT2D eigenvalue weighted by Crippen LogP contribution is -2.45. The first-order chi connectivity index (χ1) is 72.1. The molecule has 782 valence electrons. The number of benzene rings is 10. The number of ether oxygens (including phenoxy) is 10. The van der Waals surface area contributed by atoms with Gasteiger partial charge in [-0.1, -0.05) is 60.7 Å². The number of piperazine rings is 1. The zero-order chi connectivity index (χ0) is 105. The van der Waals surface area contributed by atoms with Crippen LogP contribution in [0.3, 0.4) is 0 Å². The molecule has 0 radical (unpaired) electrons. The molecule has 0 spiro atoms. The number of nitrogens with zero attached hydrogens (tertiary/aromatic N) is 6. The number of fused-ring (bicyclic) bond motifs is 5. The largest absolute Gasteiger partial charge is 0.493 e. The molecule has 9 aliphatic rings. The van der Waals surface area contributed by atoms with Crippen molar-refractivity contribution in [3.63, 3.8) is 0 Å². The normalized spacial score (nSPS) is 15.6. The zero-order valence-electron chi connectivity index (χ0n) is 83.2. The molecule has 2 amide bonds. The minimum absolute atomic E-state index is 0.0319. The number of hydrogen-bond acceptors (Lipinski definition) is 22. The summed E-state index contributed by atoms with van der Waals surface area (Å²) in [5.41, 5.74) is 16.9. The molecule has 10 aromatic rings. The highest BCUT2D eigenvalue weighted by molar-refractivity contribution is 6.08. The molecule has 4 fully saturated rings. The smallest absolute Gasteiger partial charge is 0.341 e. The van der Waals surface area contributed by atoms with Crippen LogP contribution >= 0.6 is 0 Å². The Morgan fingerprint density at radius 1 is 0.322 bits per heavy atom. The van der Waals surface area contributed by atoms with Crippen LogP contribution in [0.5, 0.6) is 57.5 Å². The van der Waals surface area contributed by atoms with Crippen LogP contribution < -0.4 is 52.7 Å². The van der Waals surface area contributed by atoms with E-state index in [9.17, 15) is 55.5 Å². The summed E-state index contributed by atoms with van der Waals surface area (Å²) in [4.78, 5) is 93.1. The fraction of sp³-hybridized carbons (Fsp3) is 0.330. The molecule has 0 saturated carbocycles. The molecule has 0 unspecified atom stereocenters. The van der Waals surface area contributed by atoms with Crippen molar-refractivity contribution in [2.75, 3.05) is 185 Å². The maximum absolute atomic E-state index is 13.6. The van der Waals surface area contributed by atoms with Crippen molar-refractivity contribution >= 4 is 69.5 Å². The van der Waals surface area contributed by atoms with Crippen molar-refractivity contribution in [1.82, 2.24) is 34.7 Å². The molecule has 9 heterocycles. The van der Waals surface area contributed by atoms with E-state index in [-0.39, 0.29) is 106 Å². The molecule has 4 saturated heterocycles. The molecule has 9 aliphatic heterocycles. The summed E-state index contributed by atoms with van der Waals surface area (Å²) in [5.74, 6) is -0.511. The lowest BCUT2D eigenvalue weighted by atomic mass is 9.90. The lowest BCUT2D eigenvalue weighted by Gasteiger charge is -2.34. The minimum Gasteiger partial charge on any atom is -0.493 e. The van der Waals surface area contributed by atoms with Gasteiger partial charge >= 0.3 is 29.8 Å². The topological polar surface area (TPSA) is 344 Å². The van der Waals surface area contributed by atoms with E-state index < -0.39 is 36.5 Å². The van der Waals surface area contributed by atoms with Gasteiger partial charge in [-0.3, -0.25) is 38.6 Å². The Morgan fingerprint density at radius 3 is 0.893 bits per heavy atom. The number of aliphatic carboxylic acids is 5. The Kier molecular flexibility index (Phi) is 37.9. The Labute approximate surface area is 860 Å². The molecule has 0 atom stereocenters. The number of nitrogens with one attached hydrogen (secondary N) is 1. The van der Waals surface area contributed by atoms with E-state index in [1.807, 2.05) is 55.4 Å². The van der Waals surface area contributed by atoms with Gasteiger partial charge in [-0.15, -0.1) is 0 Å². The van der Waals surface area contributed by atoms with Gasteiger partial charge in [0.25, 0.3) is 11.8 Å². The monoisotopic (exact) mass is 2050 g/mol. The fourth-order valence-electron chi connectivity index (χ4n) is 18.6. The second-order valence-electron chi connectivity index (χ2n) is 37.1. The number of likely N-dealkylation sites (tertiary alicyclic amines) is 3. The summed E-state index contributed by atoms with van der Waals surface area (Å²) < 4.78 is 125. The molecule has 29 nitrogen and oxygen atoms in total. The summed E-state index contributed by atoms with van der Waals surface area (Å²) in [6.45, 7) is 14.5. The summed E-state index contributed by atoms with van der Waals surface area (Å²) in [6.07, 6.45) is 5.98. The van der Waals surface area contributed by atoms with Crippen LogP contribution in [0.1, 0.15) is 120 Å². The van der Waals surface area contributed by atoms with Gasteiger partial charge in [0, 0.05) is 124 Å². The van der Waals surface area contributed by atoms with Gasteiger partial charge in [0.2, 0.25) is 0 Å². The van der Waals surface area contributed by atoms with Gasteiger partial charge in [0.05, 0.1) is 63.3 Å². The Bertz CT molecular complexity index is 6590. The van der Waals surface area contributed by atoms with Crippen LogP contribution in [0, 0.1) is 29.1 Å². The lowest BCUT2D eigenvalue weighted by molar-refractivity contribution is -0.140. The van der Waals surface area contributed by atoms with Crippen LogP contribution in [0.2, 0.25) is 0 Å². The second kappa shape index (κ2) is 52.3. The number of carboxylic acid groups (broad SMARTS) is 5. The molecule has 10 aromatic carbocycles. The Morgan fingerprint density at radius 2 is 0.591 bits per heavy atom. The van der Waals surface area contributed by atoms with E-state index in [2.05, 4.69) is 32.0 Å². The Balaban J connectivity index is 0.000000139. The predicted molar refractivity (Wildman–Crippen MR) is 549 cm³/mol. The summed E-state index contributed by atoms with van der Waals surface area (Å²) in [7, 11) is 6.18. The van der Waals surface area contributed by atoms with Crippen LogP contribution in [0.25, 0.3) is 27.9 Å². The Hall–Kier alpha value is -15.4. The van der Waals surface area contributed by atoms with E-state index in [0.29, 0.717) is 137 Å². The average Bonchev–Trinajstić information content (AvgIpc) is 1.48. The minimum atomic E-state index is -1.09. The van der Waals surface area contributed by atoms with Gasteiger partial charge in [0.1, 0.15) is 120 Å². The van der Waals surface area contributed by atoms with Gasteiger partial charge in [0.15, 0.2) is 6.61 Å². The second-order valence-corrected chi connectivity index (χ2v) is 37.1. The maximum Gasteiger partial charge on any atom is 0.341 e. The third kappa shape index (κ3) is 29.8. The van der Waals surface area contributed by atoms with E-state index in [0.717, 1.165) is 175 Å². The zero-order valence-corrected chi connectivity index (χ0v) is 83.2. The van der Waals surface area contributed by atoms with Gasteiger partial charge in [-0.25, -0.2) is 26.7 Å². The number of carbonyl (C=O) groups excluding carboxylic acids is 2. The van der Waals surface area contributed by atoms with Crippen molar-refractivity contribution in [2.45, 2.75) is 64.2 Å². The first kappa shape index (κ1) is 108. The van der Waals surface area contributed by atoms with E-state index >= 15 is 0 Å². The van der Waals surface area contributed by atoms with E-state index in [1.165, 1.54) is 73.5 Å². The van der Waals surface area contributed by atoms with Crippen LogP contribution in [0.15, 0.2) is 240 Å². The fourth-order valence-corrected chi connectivity index (χ4v) is 18.6. The molecular weight excluding hydrogens is 1930 g/mol. The van der Waals surface area contributed by atoms with Crippen LogP contribution in [-0.4, -0.2) is 282 Å². The molecule has 0 bridgehead atoms. The highest BCUT2D eigenvalue weighted by atomic mass is 19.1. The molecular formula is C115H120F5N7O22. The molecule has 34 heteroatoms. The predicted octanol–water partition coefficient (Wildman–Crippen LogP) is 16.7. The number of hydrogen-bond donors (Lipinski definition) is 6. The summed E-state index contributed by atoms with van der Waals surface area (Å²) in [5, 5.41) is 47.6. The maximum atomic E-state index is 13.6. The SMILES string of the molecule is CN(C)CCNCC1=C(c2ccc(F)cc2)c2cc(OCCC(=O)O)ccc2OC1.CN1CCN(CC2=C(c3ccc(F)cc3)c3cc(OCCC(=O)O)ccc3OC2)CC1.O=C(O)CCOc1ccc2c(c1)C(c1ccc(F)cc1)=C(C(=O)N1CCCC1)CO2.O=C(O)CCOc1ccc2c(c1)C(c1ccc(F)cc1)=C(CN1CCCC1)CO2.O=C(O)COc1ccc2c(c1)C(c1ccc(F)cc1)=C(C(=O)N1CCCC1)CO2. The number of halogens is 5. The highest BCUT2D eigenvalue weighted by Gasteiger charge is 2.36. The number of likely N-dealkylation sites (N-methyl/N-ethyl adjacent to an activating group) is 2. The molecule has 0 aliphatic carbocycles. The molecule has 149 heavy (non-hydrogen) atoms. The standard InChI is InChI=1S/C24H27FN2O4.C23H27FN2O4.C23H22FNO5.C23H24FNO4.C22H20FNO5/c1-26-9-11-27(12-10-26)15-18-16-31-22-7-6-20(30-13-8-23(28)29)14-21(22)24(18)17-2-4-19(25)5-3-17;1-26(2)11-10-25-14-17-15-30-21-8-7-19(29-12-9-22(27)28)13-20(21)23(17)16-3-5-18(24)6-4-16;24-16-5-3-15(4-6-16)22-18-13-17(29-12-9-21(26)27)7-8-20(18)30-14-19(22)23(28)25-10-1-2-11-25;24-18-5-3-16(4-6-18)23-17(14-25-10-1-2-11-25)15-29-21-8-7-19(13-20(21)23)28-12-9-22(26)27;23-15-5-3-14(4-6-15)21-17-11-16(28-13-20(25)26)7-8-19(17)29-12-18(21)22(27)24-9-1-2-10-24/h2-7,14H,8-13,15-16H2,1H3,(H,28,29);3-8,13,25H,9-12,14-15H2,1-2H3,(H,27,28);3-8,13H,1-2,9-12,14H2,(H,26,27);3-8,13H,1-2,9-12,14-15H2,(H,26,27);3-8,11H,1-2,9-10,12-13H2,(H,25,26). The quantitative estimate of drug-likeness (QED) is 0.0159. The van der Waals surface area contributed by atoms with Crippen molar-refractivity contribution < 1.29 is 128 Å². The van der Waals surface area contributed by atoms with Gasteiger partial charge < -0.3 is 97.8 Å². The van der Waals surface area contributed by atoms with Crippen molar-refractivity contribution in [3.05, 3.63) is 325 Å². The van der Waals surface area contributed by atoms with Gasteiger partial charge in [-0.2, -0.15) is 0 Å². The summed E-state index contributed by atoms with van der Waals surface area (Å²) in [6, 6.07) is 58.1. The molecule has 0 aromatic heterocycles. The third-order valence-corrected chi connectivity index (χ3v) is 26.1. The van der Waals surface area contributed by atoms with Crippen molar-refractivity contribution in [2.24, 2.45) is 0 Å². The first-order valence-electron chi connectivity index (χ1n) is 49.7. The van der Waals surface area contributed by atoms with Gasteiger partial charge in [-0.05, 0) is 286 Å². The number of carbonyl (C=O) groups is 7. The molecule has 6 N–H and O–H groups in total.